The predicted molar refractivity (Wildman–Crippen MR) is 146 cm³/mol. The molecule has 0 bridgehead atoms. The summed E-state index contributed by atoms with van der Waals surface area (Å²) in [6, 6.07) is 16.4. The Kier molecular flexibility index (Phi) is 8.52. The van der Waals surface area contributed by atoms with Crippen molar-refractivity contribution >= 4 is 63.8 Å². The first-order valence-corrected chi connectivity index (χ1v) is 13.1. The number of thioether (sulfide) groups is 1. The Labute approximate surface area is 228 Å². The van der Waals surface area contributed by atoms with Crippen LogP contribution < -0.4 is 9.47 Å². The lowest BCUT2D eigenvalue weighted by Gasteiger charge is -2.16. The SMILES string of the molecule is CCOc1cc(/C=C2\SC(=O)N(Cc3c(Cl)cccc3Cl)C2=O)cc(Cl)c1OCc1ccccc1C. The van der Waals surface area contributed by atoms with Gasteiger partial charge in [-0.1, -0.05) is 65.1 Å². The van der Waals surface area contributed by atoms with Crippen LogP contribution in [0.5, 0.6) is 11.5 Å². The molecular weight excluding hydrogens is 541 g/mol. The minimum Gasteiger partial charge on any atom is -0.490 e. The van der Waals surface area contributed by atoms with Crippen molar-refractivity contribution in [1.29, 1.82) is 0 Å². The van der Waals surface area contributed by atoms with E-state index in [1.54, 1.807) is 36.4 Å². The zero-order chi connectivity index (χ0) is 25.8. The number of amides is 2. The minimum atomic E-state index is -0.435. The van der Waals surface area contributed by atoms with Crippen LogP contribution in [0.1, 0.15) is 29.2 Å². The van der Waals surface area contributed by atoms with Crippen LogP contribution in [0.25, 0.3) is 6.08 Å². The Morgan fingerprint density at radius 2 is 1.67 bits per heavy atom. The maximum absolute atomic E-state index is 13.0. The Bertz CT molecular complexity index is 1340. The summed E-state index contributed by atoms with van der Waals surface area (Å²) >= 11 is 19.9. The molecule has 1 aliphatic heterocycles. The fourth-order valence-corrected chi connectivity index (χ4v) is 5.25. The molecule has 1 heterocycles. The standard InChI is InChI=1S/C27H22Cl3NO4S/c1-3-34-23-12-17(11-22(30)25(23)35-15-18-8-5-4-7-16(18)2)13-24-26(32)31(27(33)36-24)14-19-20(28)9-6-10-21(19)29/h4-13H,3,14-15H2,1-2H3/b24-13-. The molecule has 36 heavy (non-hydrogen) atoms. The monoisotopic (exact) mass is 561 g/mol. The van der Waals surface area contributed by atoms with Gasteiger partial charge in [0.2, 0.25) is 0 Å². The van der Waals surface area contributed by atoms with Gasteiger partial charge in [-0.2, -0.15) is 0 Å². The number of benzene rings is 3. The molecule has 0 unspecified atom stereocenters. The number of imide groups is 1. The van der Waals surface area contributed by atoms with Crippen molar-refractivity contribution in [3.05, 3.63) is 96.8 Å². The van der Waals surface area contributed by atoms with Gasteiger partial charge >= 0.3 is 0 Å². The van der Waals surface area contributed by atoms with Gasteiger partial charge in [-0.05, 0) is 72.6 Å². The van der Waals surface area contributed by atoms with Crippen molar-refractivity contribution in [3.63, 3.8) is 0 Å². The van der Waals surface area contributed by atoms with Crippen LogP contribution in [0.4, 0.5) is 4.79 Å². The minimum absolute atomic E-state index is 0.0167. The summed E-state index contributed by atoms with van der Waals surface area (Å²) < 4.78 is 11.8. The molecule has 1 fully saturated rings. The van der Waals surface area contributed by atoms with E-state index in [0.717, 1.165) is 27.8 Å². The second-order valence-electron chi connectivity index (χ2n) is 7.95. The molecule has 0 atom stereocenters. The second kappa shape index (κ2) is 11.6. The van der Waals surface area contributed by atoms with Crippen LogP contribution in [0, 0.1) is 6.92 Å². The first-order valence-electron chi connectivity index (χ1n) is 11.1. The maximum atomic E-state index is 13.0. The van der Waals surface area contributed by atoms with Gasteiger partial charge in [-0.3, -0.25) is 14.5 Å². The van der Waals surface area contributed by atoms with E-state index >= 15 is 0 Å². The molecule has 0 N–H and O–H groups in total. The van der Waals surface area contributed by atoms with Gasteiger partial charge in [0.1, 0.15) is 6.61 Å². The van der Waals surface area contributed by atoms with E-state index in [0.29, 0.717) is 50.9 Å². The average molecular weight is 563 g/mol. The number of carbonyl (C=O) groups is 2. The lowest BCUT2D eigenvalue weighted by molar-refractivity contribution is -0.123. The topological polar surface area (TPSA) is 55.8 Å². The molecule has 9 heteroatoms. The lowest BCUT2D eigenvalue weighted by Crippen LogP contribution is -2.27. The Morgan fingerprint density at radius 1 is 0.944 bits per heavy atom. The predicted octanol–water partition coefficient (Wildman–Crippen LogP) is 8.17. The number of carbonyl (C=O) groups excluding carboxylic acids is 2. The quantitative estimate of drug-likeness (QED) is 0.259. The zero-order valence-electron chi connectivity index (χ0n) is 19.5. The van der Waals surface area contributed by atoms with Crippen molar-refractivity contribution in [3.8, 4) is 11.5 Å². The second-order valence-corrected chi connectivity index (χ2v) is 10.2. The van der Waals surface area contributed by atoms with E-state index in [2.05, 4.69) is 0 Å². The molecule has 2 amide bonds. The van der Waals surface area contributed by atoms with E-state index in [1.807, 2.05) is 38.1 Å². The highest BCUT2D eigenvalue weighted by atomic mass is 35.5. The molecule has 4 rings (SSSR count). The smallest absolute Gasteiger partial charge is 0.293 e. The van der Waals surface area contributed by atoms with E-state index in [-0.39, 0.29) is 11.4 Å². The largest absolute Gasteiger partial charge is 0.490 e. The molecule has 0 aliphatic carbocycles. The first-order chi connectivity index (χ1) is 17.3. The van der Waals surface area contributed by atoms with Crippen LogP contribution in [-0.2, 0) is 17.9 Å². The molecule has 1 saturated heterocycles. The summed E-state index contributed by atoms with van der Waals surface area (Å²) in [5.74, 6) is 0.433. The molecule has 3 aromatic rings. The van der Waals surface area contributed by atoms with Crippen LogP contribution in [0.3, 0.4) is 0 Å². The van der Waals surface area contributed by atoms with Gasteiger partial charge in [-0.25, -0.2) is 0 Å². The van der Waals surface area contributed by atoms with Crippen molar-refractivity contribution in [1.82, 2.24) is 4.90 Å². The van der Waals surface area contributed by atoms with Crippen molar-refractivity contribution in [2.45, 2.75) is 27.0 Å². The van der Waals surface area contributed by atoms with Crippen molar-refractivity contribution < 1.29 is 19.1 Å². The molecule has 0 aromatic heterocycles. The van der Waals surface area contributed by atoms with Crippen LogP contribution in [-0.4, -0.2) is 22.7 Å². The number of halogens is 3. The Morgan fingerprint density at radius 3 is 2.36 bits per heavy atom. The van der Waals surface area contributed by atoms with Crippen LogP contribution in [0.15, 0.2) is 59.5 Å². The summed E-state index contributed by atoms with van der Waals surface area (Å²) in [5, 5.41) is 0.708. The summed E-state index contributed by atoms with van der Waals surface area (Å²) in [7, 11) is 0. The summed E-state index contributed by atoms with van der Waals surface area (Å²) in [6.45, 7) is 4.58. The van der Waals surface area contributed by atoms with E-state index < -0.39 is 11.1 Å². The molecule has 1 aliphatic rings. The molecule has 0 radical (unpaired) electrons. The molecule has 0 saturated carbocycles. The van der Waals surface area contributed by atoms with E-state index in [1.165, 1.54) is 0 Å². The molecule has 3 aromatic carbocycles. The van der Waals surface area contributed by atoms with E-state index in [4.69, 9.17) is 44.3 Å². The van der Waals surface area contributed by atoms with Crippen LogP contribution in [0.2, 0.25) is 15.1 Å². The number of aryl methyl sites for hydroxylation is 1. The molecular formula is C27H22Cl3NO4S. The maximum Gasteiger partial charge on any atom is 0.293 e. The number of ether oxygens (including phenoxy) is 2. The third-order valence-corrected chi connectivity index (χ3v) is 7.41. The van der Waals surface area contributed by atoms with Gasteiger partial charge in [0, 0.05) is 15.6 Å². The highest BCUT2D eigenvalue weighted by Crippen LogP contribution is 2.40. The van der Waals surface area contributed by atoms with Gasteiger partial charge in [0.25, 0.3) is 11.1 Å². The molecule has 0 spiro atoms. The van der Waals surface area contributed by atoms with Gasteiger partial charge < -0.3 is 9.47 Å². The molecule has 186 valence electrons. The van der Waals surface area contributed by atoms with Crippen molar-refractivity contribution in [2.75, 3.05) is 6.61 Å². The van der Waals surface area contributed by atoms with Crippen LogP contribution >= 0.6 is 46.6 Å². The fourth-order valence-electron chi connectivity index (χ4n) is 3.63. The lowest BCUT2D eigenvalue weighted by atomic mass is 10.1. The normalized spacial score (nSPS) is 14.6. The average Bonchev–Trinajstić information content (AvgIpc) is 3.09. The third-order valence-electron chi connectivity index (χ3n) is 5.51. The number of hydrogen-bond donors (Lipinski definition) is 0. The highest BCUT2D eigenvalue weighted by molar-refractivity contribution is 8.18. The zero-order valence-corrected chi connectivity index (χ0v) is 22.6. The fraction of sp³-hybridized carbons (Fsp3) is 0.185. The molecule has 5 nitrogen and oxygen atoms in total. The summed E-state index contributed by atoms with van der Waals surface area (Å²) in [5.41, 5.74) is 3.26. The third kappa shape index (κ3) is 5.84. The summed E-state index contributed by atoms with van der Waals surface area (Å²) in [4.78, 5) is 27.0. The van der Waals surface area contributed by atoms with E-state index in [9.17, 15) is 9.59 Å². The van der Waals surface area contributed by atoms with Crippen molar-refractivity contribution in [2.24, 2.45) is 0 Å². The number of nitrogens with zero attached hydrogens (tertiary/aromatic N) is 1. The summed E-state index contributed by atoms with van der Waals surface area (Å²) in [6.07, 6.45) is 1.61. The van der Waals surface area contributed by atoms with Gasteiger partial charge in [-0.15, -0.1) is 0 Å². The Balaban J connectivity index is 1.58. The van der Waals surface area contributed by atoms with Gasteiger partial charge in [0.05, 0.1) is 23.1 Å². The number of hydrogen-bond acceptors (Lipinski definition) is 5. The highest BCUT2D eigenvalue weighted by Gasteiger charge is 2.35. The Hall–Kier alpha value is -2.64. The first kappa shape index (κ1) is 26.4. The van der Waals surface area contributed by atoms with Gasteiger partial charge in [0.15, 0.2) is 11.5 Å². The number of rotatable bonds is 8.